The summed E-state index contributed by atoms with van der Waals surface area (Å²) in [6.07, 6.45) is 1.43. The number of H-pyrrole nitrogens is 1. The van der Waals surface area contributed by atoms with E-state index < -0.39 is 23.6 Å². The van der Waals surface area contributed by atoms with Crippen molar-refractivity contribution in [1.82, 2.24) is 15.5 Å². The number of hydrogen-bond acceptors (Lipinski definition) is 4. The Hall–Kier alpha value is -3.10. The molecule has 0 aliphatic rings. The van der Waals surface area contributed by atoms with Gasteiger partial charge in [0, 0.05) is 30.5 Å². The third-order valence-corrected chi connectivity index (χ3v) is 5.29. The van der Waals surface area contributed by atoms with Gasteiger partial charge in [0.15, 0.2) is 0 Å². The Labute approximate surface area is 188 Å². The number of rotatable bonds is 9. The summed E-state index contributed by atoms with van der Waals surface area (Å²) in [4.78, 5) is 25.5. The molecule has 3 aromatic rings. The molecular weight excluding hydrogens is 440 g/mol. The number of carbonyl (C=O) groups is 2. The van der Waals surface area contributed by atoms with Crippen LogP contribution in [0.4, 0.5) is 8.78 Å². The summed E-state index contributed by atoms with van der Waals surface area (Å²) in [5, 5.41) is 9.68. The molecule has 0 bridgehead atoms. The zero-order valence-corrected chi connectivity index (χ0v) is 18.3. The van der Waals surface area contributed by atoms with E-state index in [1.165, 1.54) is 20.2 Å². The fourth-order valence-corrected chi connectivity index (χ4v) is 3.56. The lowest BCUT2D eigenvalue weighted by molar-refractivity contribution is -0.120. The summed E-state index contributed by atoms with van der Waals surface area (Å²) in [5.74, 6) is -2.01. The van der Waals surface area contributed by atoms with Crippen LogP contribution in [0.2, 0.25) is 5.02 Å². The molecular formula is C23H22ClF2N3O3. The Morgan fingerprint density at radius 3 is 2.69 bits per heavy atom. The van der Waals surface area contributed by atoms with Crippen molar-refractivity contribution in [2.45, 2.75) is 25.8 Å². The Balaban J connectivity index is 1.92. The Morgan fingerprint density at radius 2 is 1.97 bits per heavy atom. The maximum atomic E-state index is 14.5. The predicted octanol–water partition coefficient (Wildman–Crippen LogP) is 4.78. The van der Waals surface area contributed by atoms with Gasteiger partial charge in [0.05, 0.1) is 30.1 Å². The summed E-state index contributed by atoms with van der Waals surface area (Å²) in [5.41, 5.74) is 0.670. The number of hydrogen-bond donors (Lipinski definition) is 2. The maximum Gasteiger partial charge on any atom is 0.255 e. The van der Waals surface area contributed by atoms with Gasteiger partial charge >= 0.3 is 0 Å². The predicted molar refractivity (Wildman–Crippen MR) is 116 cm³/mol. The first-order chi connectivity index (χ1) is 15.3. The molecule has 0 unspecified atom stereocenters. The van der Waals surface area contributed by atoms with Crippen LogP contribution in [0.15, 0.2) is 42.6 Å². The number of halogens is 3. The van der Waals surface area contributed by atoms with Crippen LogP contribution in [0, 0.1) is 18.6 Å². The molecule has 3 rings (SSSR count). The molecule has 1 atom stereocenters. The Bertz CT molecular complexity index is 1130. The number of aromatic amines is 1. The van der Waals surface area contributed by atoms with Crippen LogP contribution in [-0.2, 0) is 9.53 Å². The van der Waals surface area contributed by atoms with Crippen molar-refractivity contribution in [3.05, 3.63) is 75.9 Å². The topological polar surface area (TPSA) is 84.1 Å². The van der Waals surface area contributed by atoms with Gasteiger partial charge in [0.2, 0.25) is 0 Å². The fourth-order valence-electron chi connectivity index (χ4n) is 3.37. The maximum absolute atomic E-state index is 14.5. The van der Waals surface area contributed by atoms with Gasteiger partial charge in [-0.2, -0.15) is 5.10 Å². The minimum absolute atomic E-state index is 0.00990. The second-order valence-corrected chi connectivity index (χ2v) is 7.69. The molecule has 0 radical (unpaired) electrons. The SMILES string of the molecule is COCCC(=O)C[C@H](NC(=O)c1cn[nH]c1-c1c(F)ccc(F)c1C)c1cccc(Cl)c1. The van der Waals surface area contributed by atoms with Crippen LogP contribution in [0.5, 0.6) is 0 Å². The summed E-state index contributed by atoms with van der Waals surface area (Å²) in [7, 11) is 1.50. The summed E-state index contributed by atoms with van der Waals surface area (Å²) in [6, 6.07) is 8.11. The lowest BCUT2D eigenvalue weighted by Crippen LogP contribution is -2.30. The van der Waals surface area contributed by atoms with E-state index in [1.807, 2.05) is 0 Å². The van der Waals surface area contributed by atoms with Crippen LogP contribution >= 0.6 is 11.6 Å². The first kappa shape index (κ1) is 23.6. The van der Waals surface area contributed by atoms with E-state index in [-0.39, 0.29) is 47.6 Å². The molecule has 1 aromatic heterocycles. The van der Waals surface area contributed by atoms with Gasteiger partial charge in [-0.1, -0.05) is 23.7 Å². The van der Waals surface area contributed by atoms with Crippen molar-refractivity contribution in [2.24, 2.45) is 0 Å². The van der Waals surface area contributed by atoms with E-state index in [2.05, 4.69) is 15.5 Å². The normalized spacial score (nSPS) is 11.9. The molecule has 0 saturated heterocycles. The minimum Gasteiger partial charge on any atom is -0.384 e. The number of ketones is 1. The molecule has 32 heavy (non-hydrogen) atoms. The standard InChI is InChI=1S/C23H22ClF2N3O3/c1-13-18(25)6-7-19(26)21(13)22-17(12-27-29-22)23(31)28-20(11-16(30)8-9-32-2)14-4-3-5-15(24)10-14/h3-7,10,12,20H,8-9,11H2,1-2H3,(H,27,29)(H,28,31)/t20-/m0/s1. The molecule has 0 fully saturated rings. The Morgan fingerprint density at radius 1 is 1.22 bits per heavy atom. The van der Waals surface area contributed by atoms with Crippen LogP contribution in [0.1, 0.15) is 40.4 Å². The molecule has 1 amide bonds. The largest absolute Gasteiger partial charge is 0.384 e. The molecule has 9 heteroatoms. The van der Waals surface area contributed by atoms with E-state index >= 15 is 0 Å². The zero-order valence-electron chi connectivity index (χ0n) is 17.5. The number of benzene rings is 2. The first-order valence-corrected chi connectivity index (χ1v) is 10.2. The van der Waals surface area contributed by atoms with E-state index in [9.17, 15) is 18.4 Å². The van der Waals surface area contributed by atoms with Gasteiger partial charge in [-0.3, -0.25) is 14.7 Å². The van der Waals surface area contributed by atoms with Gasteiger partial charge in [-0.25, -0.2) is 8.78 Å². The highest BCUT2D eigenvalue weighted by Crippen LogP contribution is 2.30. The average Bonchev–Trinajstić information content (AvgIpc) is 3.24. The smallest absolute Gasteiger partial charge is 0.255 e. The van der Waals surface area contributed by atoms with E-state index in [1.54, 1.807) is 24.3 Å². The van der Waals surface area contributed by atoms with Gasteiger partial charge in [0.25, 0.3) is 5.91 Å². The van der Waals surface area contributed by atoms with Gasteiger partial charge < -0.3 is 10.1 Å². The third-order valence-electron chi connectivity index (χ3n) is 5.06. The number of amides is 1. The van der Waals surface area contributed by atoms with Crippen molar-refractivity contribution in [2.75, 3.05) is 13.7 Å². The highest BCUT2D eigenvalue weighted by Gasteiger charge is 2.25. The van der Waals surface area contributed by atoms with Gasteiger partial charge in [0.1, 0.15) is 17.4 Å². The number of methoxy groups -OCH3 is 1. The van der Waals surface area contributed by atoms with E-state index in [4.69, 9.17) is 16.3 Å². The van der Waals surface area contributed by atoms with E-state index in [0.29, 0.717) is 10.6 Å². The number of Topliss-reactive ketones (excluding diaryl/α,β-unsaturated/α-hetero) is 1. The molecule has 0 aliphatic carbocycles. The molecule has 0 spiro atoms. The second kappa shape index (κ2) is 10.5. The molecule has 6 nitrogen and oxygen atoms in total. The van der Waals surface area contributed by atoms with Crippen molar-refractivity contribution < 1.29 is 23.1 Å². The van der Waals surface area contributed by atoms with Crippen molar-refractivity contribution in [3.8, 4) is 11.3 Å². The number of ether oxygens (including phenoxy) is 1. The second-order valence-electron chi connectivity index (χ2n) is 7.25. The van der Waals surface area contributed by atoms with Crippen molar-refractivity contribution in [1.29, 1.82) is 0 Å². The van der Waals surface area contributed by atoms with Crippen molar-refractivity contribution in [3.63, 3.8) is 0 Å². The van der Waals surface area contributed by atoms with Crippen molar-refractivity contribution >= 4 is 23.3 Å². The number of nitrogens with zero attached hydrogens (tertiary/aromatic N) is 1. The summed E-state index contributed by atoms with van der Waals surface area (Å²) >= 11 is 6.09. The van der Waals surface area contributed by atoms with Crippen LogP contribution < -0.4 is 5.32 Å². The quantitative estimate of drug-likeness (QED) is 0.480. The van der Waals surface area contributed by atoms with Crippen LogP contribution in [0.25, 0.3) is 11.3 Å². The first-order valence-electron chi connectivity index (χ1n) is 9.87. The van der Waals surface area contributed by atoms with Crippen LogP contribution in [-0.4, -0.2) is 35.6 Å². The number of nitrogens with one attached hydrogen (secondary N) is 2. The fraction of sp³-hybridized carbons (Fsp3) is 0.261. The minimum atomic E-state index is -0.691. The Kier molecular flexibility index (Phi) is 7.71. The highest BCUT2D eigenvalue weighted by atomic mass is 35.5. The molecule has 168 valence electrons. The lowest BCUT2D eigenvalue weighted by atomic mass is 9.98. The van der Waals surface area contributed by atoms with E-state index in [0.717, 1.165) is 12.1 Å². The zero-order chi connectivity index (χ0) is 23.3. The lowest BCUT2D eigenvalue weighted by Gasteiger charge is -2.19. The molecule has 0 saturated carbocycles. The monoisotopic (exact) mass is 461 g/mol. The number of aromatic nitrogens is 2. The molecule has 2 N–H and O–H groups in total. The van der Waals surface area contributed by atoms with Crippen LogP contribution in [0.3, 0.4) is 0 Å². The van der Waals surface area contributed by atoms with Gasteiger partial charge in [-0.05, 0) is 42.3 Å². The third kappa shape index (κ3) is 5.38. The van der Waals surface area contributed by atoms with Gasteiger partial charge in [-0.15, -0.1) is 0 Å². The highest BCUT2D eigenvalue weighted by molar-refractivity contribution is 6.30. The average molecular weight is 462 g/mol. The molecule has 2 aromatic carbocycles. The number of carbonyl (C=O) groups excluding carboxylic acids is 2. The summed E-state index contributed by atoms with van der Waals surface area (Å²) in [6.45, 7) is 1.68. The molecule has 1 heterocycles. The summed E-state index contributed by atoms with van der Waals surface area (Å²) < 4.78 is 33.5. The molecule has 0 aliphatic heterocycles.